The average Bonchev–Trinajstić information content (AvgIpc) is 2.47. The van der Waals surface area contributed by atoms with Crippen LogP contribution >= 0.6 is 0 Å². The van der Waals surface area contributed by atoms with E-state index in [2.05, 4.69) is 20.2 Å². The number of carbonyl (C=O) groups is 1. The Balaban J connectivity index is 1.95. The first-order valence-corrected chi connectivity index (χ1v) is 7.53. The summed E-state index contributed by atoms with van der Waals surface area (Å²) in [6.07, 6.45) is 3.50. The Morgan fingerprint density at radius 2 is 2.05 bits per heavy atom. The van der Waals surface area contributed by atoms with Crippen molar-refractivity contribution >= 4 is 17.7 Å². The van der Waals surface area contributed by atoms with Crippen LogP contribution in [-0.2, 0) is 4.79 Å². The van der Waals surface area contributed by atoms with Crippen molar-refractivity contribution in [3.63, 3.8) is 0 Å². The van der Waals surface area contributed by atoms with Crippen molar-refractivity contribution in [3.05, 3.63) is 12.3 Å². The van der Waals surface area contributed by atoms with Crippen molar-refractivity contribution in [1.29, 1.82) is 0 Å². The first-order valence-electron chi connectivity index (χ1n) is 7.53. The molecule has 1 aromatic heterocycles. The lowest BCUT2D eigenvalue weighted by molar-refractivity contribution is -0.126. The van der Waals surface area contributed by atoms with Crippen LogP contribution in [0.3, 0.4) is 0 Å². The van der Waals surface area contributed by atoms with Gasteiger partial charge in [0.25, 0.3) is 0 Å². The second kappa shape index (κ2) is 6.74. The molecule has 1 amide bonds. The van der Waals surface area contributed by atoms with Gasteiger partial charge in [0.15, 0.2) is 0 Å². The Kier molecular flexibility index (Phi) is 4.98. The smallest absolute Gasteiger partial charge is 0.227 e. The highest BCUT2D eigenvalue weighted by Gasteiger charge is 2.26. The number of carbonyl (C=O) groups excluding carboxylic acids is 1. The molecule has 2 rings (SSSR count). The molecule has 2 heterocycles. The molecule has 116 valence electrons. The van der Waals surface area contributed by atoms with E-state index in [9.17, 15) is 4.79 Å². The lowest BCUT2D eigenvalue weighted by atomic mass is 9.96. The number of anilines is 2. The van der Waals surface area contributed by atoms with E-state index in [-0.39, 0.29) is 17.9 Å². The summed E-state index contributed by atoms with van der Waals surface area (Å²) in [5, 5.41) is 3.00. The molecule has 6 nitrogen and oxygen atoms in total. The molecule has 1 aromatic rings. The van der Waals surface area contributed by atoms with Gasteiger partial charge < -0.3 is 15.1 Å². The van der Waals surface area contributed by atoms with Gasteiger partial charge in [0, 0.05) is 45.3 Å². The van der Waals surface area contributed by atoms with E-state index in [1.807, 2.05) is 38.9 Å². The molecule has 1 N–H and O–H groups in total. The van der Waals surface area contributed by atoms with Crippen molar-refractivity contribution in [2.45, 2.75) is 32.7 Å². The maximum Gasteiger partial charge on any atom is 0.227 e. The summed E-state index contributed by atoms with van der Waals surface area (Å²) in [7, 11) is 3.93. The van der Waals surface area contributed by atoms with E-state index < -0.39 is 0 Å². The predicted octanol–water partition coefficient (Wildman–Crippen LogP) is 1.28. The monoisotopic (exact) mass is 291 g/mol. The number of hydrogen-bond donors (Lipinski definition) is 1. The molecule has 0 spiro atoms. The molecule has 0 radical (unpaired) electrons. The molecule has 1 aliphatic heterocycles. The normalized spacial score (nSPS) is 16.1. The molecule has 0 atom stereocenters. The van der Waals surface area contributed by atoms with Gasteiger partial charge in [-0.2, -0.15) is 4.98 Å². The lowest BCUT2D eigenvalue weighted by Gasteiger charge is -2.32. The molecule has 0 aliphatic carbocycles. The molecule has 0 saturated carbocycles. The summed E-state index contributed by atoms with van der Waals surface area (Å²) in [5.41, 5.74) is 0. The van der Waals surface area contributed by atoms with Crippen molar-refractivity contribution in [3.8, 4) is 0 Å². The summed E-state index contributed by atoms with van der Waals surface area (Å²) < 4.78 is 0. The van der Waals surface area contributed by atoms with Gasteiger partial charge in [-0.1, -0.05) is 0 Å². The number of hydrogen-bond acceptors (Lipinski definition) is 5. The van der Waals surface area contributed by atoms with E-state index in [0.29, 0.717) is 0 Å². The fourth-order valence-electron chi connectivity index (χ4n) is 2.48. The summed E-state index contributed by atoms with van der Waals surface area (Å²) in [6, 6.07) is 2.10. The Morgan fingerprint density at radius 3 is 2.62 bits per heavy atom. The Bertz CT molecular complexity index is 481. The van der Waals surface area contributed by atoms with Crippen LogP contribution in [0.15, 0.2) is 12.3 Å². The third kappa shape index (κ3) is 4.06. The van der Waals surface area contributed by atoms with E-state index in [1.54, 1.807) is 6.20 Å². The van der Waals surface area contributed by atoms with Crippen molar-refractivity contribution < 1.29 is 4.79 Å². The summed E-state index contributed by atoms with van der Waals surface area (Å²) in [4.78, 5) is 25.1. The van der Waals surface area contributed by atoms with Crippen LogP contribution in [-0.4, -0.2) is 49.1 Å². The molecule has 0 bridgehead atoms. The minimum atomic E-state index is 0.112. The fraction of sp³-hybridized carbons (Fsp3) is 0.667. The quantitative estimate of drug-likeness (QED) is 0.905. The SMILES string of the molecule is CC(C)NC(=O)C1CCN(c2nccc(N(C)C)n2)CC1. The average molecular weight is 291 g/mol. The van der Waals surface area contributed by atoms with Gasteiger partial charge in [-0.05, 0) is 32.8 Å². The maximum atomic E-state index is 12.0. The third-order valence-corrected chi connectivity index (χ3v) is 3.67. The Labute approximate surface area is 126 Å². The first-order chi connectivity index (χ1) is 9.97. The number of nitrogens with zero attached hydrogens (tertiary/aromatic N) is 4. The number of piperidine rings is 1. The van der Waals surface area contributed by atoms with Gasteiger partial charge >= 0.3 is 0 Å². The van der Waals surface area contributed by atoms with Crippen LogP contribution in [0.1, 0.15) is 26.7 Å². The van der Waals surface area contributed by atoms with Gasteiger partial charge in [0.2, 0.25) is 11.9 Å². The third-order valence-electron chi connectivity index (χ3n) is 3.67. The van der Waals surface area contributed by atoms with Gasteiger partial charge in [-0.25, -0.2) is 4.98 Å². The predicted molar refractivity (Wildman–Crippen MR) is 84.6 cm³/mol. The lowest BCUT2D eigenvalue weighted by Crippen LogP contribution is -2.43. The molecule has 6 heteroatoms. The van der Waals surface area contributed by atoms with Crippen LogP contribution < -0.4 is 15.1 Å². The number of rotatable bonds is 4. The number of nitrogens with one attached hydrogen (secondary N) is 1. The van der Waals surface area contributed by atoms with Crippen LogP contribution in [0, 0.1) is 5.92 Å². The molecular weight excluding hydrogens is 266 g/mol. The van der Waals surface area contributed by atoms with Crippen molar-refractivity contribution in [1.82, 2.24) is 15.3 Å². The highest BCUT2D eigenvalue weighted by Crippen LogP contribution is 2.22. The molecule has 1 saturated heterocycles. The summed E-state index contributed by atoms with van der Waals surface area (Å²) >= 11 is 0. The van der Waals surface area contributed by atoms with Gasteiger partial charge in [0.1, 0.15) is 5.82 Å². The van der Waals surface area contributed by atoms with E-state index >= 15 is 0 Å². The van der Waals surface area contributed by atoms with Crippen LogP contribution in [0.2, 0.25) is 0 Å². The summed E-state index contributed by atoms with van der Waals surface area (Å²) in [6.45, 7) is 5.64. The zero-order valence-corrected chi connectivity index (χ0v) is 13.3. The minimum Gasteiger partial charge on any atom is -0.363 e. The molecule has 0 unspecified atom stereocenters. The second-order valence-electron chi connectivity index (χ2n) is 6.03. The number of amides is 1. The fourth-order valence-corrected chi connectivity index (χ4v) is 2.48. The van der Waals surface area contributed by atoms with E-state index in [1.165, 1.54) is 0 Å². The Morgan fingerprint density at radius 1 is 1.38 bits per heavy atom. The van der Waals surface area contributed by atoms with Gasteiger partial charge in [0.05, 0.1) is 0 Å². The first kappa shape index (κ1) is 15.5. The largest absolute Gasteiger partial charge is 0.363 e. The Hall–Kier alpha value is -1.85. The van der Waals surface area contributed by atoms with Gasteiger partial charge in [-0.3, -0.25) is 4.79 Å². The zero-order chi connectivity index (χ0) is 15.4. The highest BCUT2D eigenvalue weighted by molar-refractivity contribution is 5.79. The van der Waals surface area contributed by atoms with E-state index in [0.717, 1.165) is 37.7 Å². The van der Waals surface area contributed by atoms with E-state index in [4.69, 9.17) is 0 Å². The molecule has 1 fully saturated rings. The van der Waals surface area contributed by atoms with Crippen molar-refractivity contribution in [2.24, 2.45) is 5.92 Å². The van der Waals surface area contributed by atoms with Gasteiger partial charge in [-0.15, -0.1) is 0 Å². The van der Waals surface area contributed by atoms with Crippen LogP contribution in [0.4, 0.5) is 11.8 Å². The molecule has 1 aliphatic rings. The molecule has 0 aromatic carbocycles. The van der Waals surface area contributed by atoms with Crippen LogP contribution in [0.25, 0.3) is 0 Å². The second-order valence-corrected chi connectivity index (χ2v) is 6.03. The maximum absolute atomic E-state index is 12.0. The molecular formula is C15H25N5O. The topological polar surface area (TPSA) is 61.4 Å². The zero-order valence-electron chi connectivity index (χ0n) is 13.3. The highest BCUT2D eigenvalue weighted by atomic mass is 16.1. The minimum absolute atomic E-state index is 0.112. The van der Waals surface area contributed by atoms with Crippen LogP contribution in [0.5, 0.6) is 0 Å². The number of aromatic nitrogens is 2. The molecule has 21 heavy (non-hydrogen) atoms. The standard InChI is InChI=1S/C15H25N5O/c1-11(2)17-14(21)12-6-9-20(10-7-12)15-16-8-5-13(18-15)19(3)4/h5,8,11-12H,6-7,9-10H2,1-4H3,(H,17,21). The van der Waals surface area contributed by atoms with Crippen molar-refractivity contribution in [2.75, 3.05) is 37.0 Å². The summed E-state index contributed by atoms with van der Waals surface area (Å²) in [5.74, 6) is 1.94.